The maximum absolute atomic E-state index is 12.3. The van der Waals surface area contributed by atoms with Crippen LogP contribution in [0.25, 0.3) is 0 Å². The number of carbonyl (C=O) groups is 2. The van der Waals surface area contributed by atoms with Gasteiger partial charge in [0.1, 0.15) is 0 Å². The summed E-state index contributed by atoms with van der Waals surface area (Å²) in [5, 5.41) is 2.74. The largest absolute Gasteiger partial charge is 0.356 e. The zero-order valence-corrected chi connectivity index (χ0v) is 14.6. The van der Waals surface area contributed by atoms with E-state index in [1.165, 1.54) is 0 Å². The van der Waals surface area contributed by atoms with Crippen molar-refractivity contribution >= 4 is 24.2 Å². The molecule has 5 nitrogen and oxygen atoms in total. The van der Waals surface area contributed by atoms with E-state index in [1.54, 1.807) is 0 Å². The molecule has 0 radical (unpaired) electrons. The lowest BCUT2D eigenvalue weighted by molar-refractivity contribution is -0.132. The fourth-order valence-corrected chi connectivity index (χ4v) is 2.22. The third-order valence-electron chi connectivity index (χ3n) is 3.37. The number of rotatable bonds is 10. The summed E-state index contributed by atoms with van der Waals surface area (Å²) < 4.78 is 0. The smallest absolute Gasteiger partial charge is 0.222 e. The molecule has 2 amide bonds. The molecule has 130 valence electrons. The lowest BCUT2D eigenvalue weighted by Crippen LogP contribution is -2.32. The molecule has 0 heterocycles. The Morgan fingerprint density at radius 3 is 2.43 bits per heavy atom. The van der Waals surface area contributed by atoms with Gasteiger partial charge in [0, 0.05) is 32.5 Å². The van der Waals surface area contributed by atoms with Crippen LogP contribution in [-0.2, 0) is 16.1 Å². The molecule has 0 saturated carbocycles. The summed E-state index contributed by atoms with van der Waals surface area (Å²) in [6.07, 6.45) is 2.16. The second kappa shape index (κ2) is 12.9. The highest BCUT2D eigenvalue weighted by atomic mass is 35.5. The number of nitrogens with zero attached hydrogens (tertiary/aromatic N) is 1. The van der Waals surface area contributed by atoms with Gasteiger partial charge in [-0.05, 0) is 31.9 Å². The summed E-state index contributed by atoms with van der Waals surface area (Å²) in [5.74, 6) is 0.0912. The summed E-state index contributed by atoms with van der Waals surface area (Å²) >= 11 is 0. The van der Waals surface area contributed by atoms with Gasteiger partial charge in [0.15, 0.2) is 0 Å². The lowest BCUT2D eigenvalue weighted by atomic mass is 10.1. The first-order chi connectivity index (χ1) is 10.7. The maximum atomic E-state index is 12.3. The van der Waals surface area contributed by atoms with Crippen LogP contribution in [0.3, 0.4) is 0 Å². The van der Waals surface area contributed by atoms with Crippen molar-refractivity contribution in [3.63, 3.8) is 0 Å². The number of hydrogen-bond donors (Lipinski definition) is 2. The van der Waals surface area contributed by atoms with Gasteiger partial charge in [0.25, 0.3) is 0 Å². The molecule has 6 heteroatoms. The molecule has 0 aliphatic rings. The fraction of sp³-hybridized carbons (Fsp3) is 0.529. The molecule has 1 aromatic carbocycles. The summed E-state index contributed by atoms with van der Waals surface area (Å²) in [6.45, 7) is 4.34. The van der Waals surface area contributed by atoms with Gasteiger partial charge in [-0.1, -0.05) is 30.3 Å². The summed E-state index contributed by atoms with van der Waals surface area (Å²) in [5.41, 5.74) is 6.66. The Morgan fingerprint density at radius 1 is 1.13 bits per heavy atom. The standard InChI is InChI=1S/C17H27N3O2.ClH/c1-2-19-16(21)10-6-11-17(22)20(13-7-12-18)14-15-8-4-3-5-9-15;/h3-5,8-9H,2,6-7,10-14,18H2,1H3,(H,19,21);1H. The molecule has 23 heavy (non-hydrogen) atoms. The van der Waals surface area contributed by atoms with Crippen LogP contribution in [0.2, 0.25) is 0 Å². The van der Waals surface area contributed by atoms with Gasteiger partial charge in [-0.3, -0.25) is 9.59 Å². The van der Waals surface area contributed by atoms with Crippen molar-refractivity contribution < 1.29 is 9.59 Å². The van der Waals surface area contributed by atoms with Crippen LogP contribution >= 0.6 is 12.4 Å². The average Bonchev–Trinajstić information content (AvgIpc) is 2.52. The highest BCUT2D eigenvalue weighted by Crippen LogP contribution is 2.09. The minimum Gasteiger partial charge on any atom is -0.356 e. The predicted molar refractivity (Wildman–Crippen MR) is 95.3 cm³/mol. The van der Waals surface area contributed by atoms with Gasteiger partial charge in [-0.2, -0.15) is 0 Å². The van der Waals surface area contributed by atoms with Crippen LogP contribution in [0.1, 0.15) is 38.2 Å². The molecule has 0 spiro atoms. The first kappa shape index (κ1) is 21.4. The van der Waals surface area contributed by atoms with E-state index in [-0.39, 0.29) is 24.2 Å². The Kier molecular flexibility index (Phi) is 12.0. The number of nitrogens with one attached hydrogen (secondary N) is 1. The molecule has 0 bridgehead atoms. The molecule has 0 aromatic heterocycles. The van der Waals surface area contributed by atoms with Crippen LogP contribution in [0.5, 0.6) is 0 Å². The summed E-state index contributed by atoms with van der Waals surface area (Å²) in [4.78, 5) is 25.6. The quantitative estimate of drug-likeness (QED) is 0.684. The van der Waals surface area contributed by atoms with Crippen LogP contribution in [0.4, 0.5) is 0 Å². The van der Waals surface area contributed by atoms with Gasteiger partial charge in [-0.15, -0.1) is 12.4 Å². The monoisotopic (exact) mass is 341 g/mol. The van der Waals surface area contributed by atoms with Gasteiger partial charge >= 0.3 is 0 Å². The van der Waals surface area contributed by atoms with Crippen molar-refractivity contribution in [3.8, 4) is 0 Å². The van der Waals surface area contributed by atoms with E-state index in [9.17, 15) is 9.59 Å². The van der Waals surface area contributed by atoms with Gasteiger partial charge in [0.2, 0.25) is 11.8 Å². The molecule has 0 fully saturated rings. The van der Waals surface area contributed by atoms with Crippen molar-refractivity contribution in [2.75, 3.05) is 19.6 Å². The number of benzene rings is 1. The van der Waals surface area contributed by atoms with Crippen LogP contribution in [-0.4, -0.2) is 36.3 Å². The molecule has 0 atom stereocenters. The van der Waals surface area contributed by atoms with E-state index in [2.05, 4.69) is 5.32 Å². The number of hydrogen-bond acceptors (Lipinski definition) is 3. The van der Waals surface area contributed by atoms with E-state index in [4.69, 9.17) is 5.73 Å². The van der Waals surface area contributed by atoms with E-state index < -0.39 is 0 Å². The van der Waals surface area contributed by atoms with Crippen molar-refractivity contribution in [1.82, 2.24) is 10.2 Å². The van der Waals surface area contributed by atoms with E-state index in [0.29, 0.717) is 45.4 Å². The number of nitrogens with two attached hydrogens (primary N) is 1. The predicted octanol–water partition coefficient (Wildman–Crippen LogP) is 2.09. The minimum absolute atomic E-state index is 0. The third-order valence-corrected chi connectivity index (χ3v) is 3.37. The molecule has 1 rings (SSSR count). The first-order valence-electron chi connectivity index (χ1n) is 7.95. The van der Waals surface area contributed by atoms with E-state index >= 15 is 0 Å². The second-order valence-electron chi connectivity index (χ2n) is 5.25. The highest BCUT2D eigenvalue weighted by molar-refractivity contribution is 5.85. The molecular formula is C17H28ClN3O2. The zero-order valence-electron chi connectivity index (χ0n) is 13.8. The van der Waals surface area contributed by atoms with Crippen molar-refractivity contribution in [3.05, 3.63) is 35.9 Å². The molecule has 1 aromatic rings. The van der Waals surface area contributed by atoms with Gasteiger partial charge in [-0.25, -0.2) is 0 Å². The summed E-state index contributed by atoms with van der Waals surface area (Å²) in [7, 11) is 0. The zero-order chi connectivity index (χ0) is 16.2. The fourth-order valence-electron chi connectivity index (χ4n) is 2.22. The normalized spacial score (nSPS) is 9.83. The van der Waals surface area contributed by atoms with Gasteiger partial charge < -0.3 is 16.0 Å². The van der Waals surface area contributed by atoms with Crippen molar-refractivity contribution in [1.29, 1.82) is 0 Å². The SMILES string of the molecule is CCNC(=O)CCCC(=O)N(CCCN)Cc1ccccc1.Cl. The van der Waals surface area contributed by atoms with Crippen LogP contribution in [0, 0.1) is 0 Å². The molecule has 0 aliphatic heterocycles. The number of halogens is 1. The van der Waals surface area contributed by atoms with Crippen molar-refractivity contribution in [2.24, 2.45) is 5.73 Å². The molecule has 3 N–H and O–H groups in total. The molecule has 0 unspecified atom stereocenters. The van der Waals surface area contributed by atoms with Crippen LogP contribution < -0.4 is 11.1 Å². The molecule has 0 saturated heterocycles. The summed E-state index contributed by atoms with van der Waals surface area (Å²) in [6, 6.07) is 9.92. The van der Waals surface area contributed by atoms with E-state index in [1.807, 2.05) is 42.2 Å². The average molecular weight is 342 g/mol. The topological polar surface area (TPSA) is 75.4 Å². The Balaban J connectivity index is 0.00000484. The molecular weight excluding hydrogens is 314 g/mol. The number of carbonyl (C=O) groups excluding carboxylic acids is 2. The molecule has 0 aliphatic carbocycles. The maximum Gasteiger partial charge on any atom is 0.222 e. The second-order valence-corrected chi connectivity index (χ2v) is 5.25. The number of amides is 2. The first-order valence-corrected chi connectivity index (χ1v) is 7.95. The third kappa shape index (κ3) is 9.21. The Labute approximate surface area is 145 Å². The lowest BCUT2D eigenvalue weighted by Gasteiger charge is -2.22. The van der Waals surface area contributed by atoms with Gasteiger partial charge in [0.05, 0.1) is 0 Å². The minimum atomic E-state index is 0. The Bertz CT molecular complexity index is 454. The Morgan fingerprint density at radius 2 is 1.83 bits per heavy atom. The van der Waals surface area contributed by atoms with E-state index in [0.717, 1.165) is 12.0 Å². The van der Waals surface area contributed by atoms with Crippen LogP contribution in [0.15, 0.2) is 30.3 Å². The Hall–Kier alpha value is -1.59. The highest BCUT2D eigenvalue weighted by Gasteiger charge is 2.14. The van der Waals surface area contributed by atoms with Crippen molar-refractivity contribution in [2.45, 2.75) is 39.2 Å².